The van der Waals surface area contributed by atoms with E-state index in [2.05, 4.69) is 0 Å². The summed E-state index contributed by atoms with van der Waals surface area (Å²) >= 11 is 0. The summed E-state index contributed by atoms with van der Waals surface area (Å²) in [5, 5.41) is 8.50. The second-order valence-corrected chi connectivity index (χ2v) is 4.31. The molecule has 0 aromatic heterocycles. The lowest BCUT2D eigenvalue weighted by molar-refractivity contribution is -0.149. The average molecular weight is 257 g/mol. The number of carbonyl (C=O) groups excluding carboxylic acids is 2. The van der Waals surface area contributed by atoms with Gasteiger partial charge in [-0.15, -0.1) is 0 Å². The third-order valence-corrected chi connectivity index (χ3v) is 2.69. The molecule has 1 fully saturated rings. The van der Waals surface area contributed by atoms with Crippen molar-refractivity contribution in [2.45, 2.75) is 45.1 Å². The lowest BCUT2D eigenvalue weighted by atomic mass is 10.2. The van der Waals surface area contributed by atoms with Crippen LogP contribution in [0.25, 0.3) is 0 Å². The Morgan fingerprint density at radius 2 is 1.94 bits per heavy atom. The molecule has 0 spiro atoms. The Labute approximate surface area is 106 Å². The number of nitrogens with zero attached hydrogens (tertiary/aromatic N) is 1. The molecular formula is C12H19NO5. The Morgan fingerprint density at radius 1 is 1.28 bits per heavy atom. The number of aliphatic carboxylic acids is 1. The number of hydrogen-bond acceptors (Lipinski definition) is 4. The zero-order valence-electron chi connectivity index (χ0n) is 10.6. The van der Waals surface area contributed by atoms with E-state index < -0.39 is 11.9 Å². The van der Waals surface area contributed by atoms with E-state index in [9.17, 15) is 14.4 Å². The van der Waals surface area contributed by atoms with Gasteiger partial charge in [0.2, 0.25) is 5.91 Å². The average Bonchev–Trinajstić information content (AvgIpc) is 3.09. The number of amides is 1. The van der Waals surface area contributed by atoms with Crippen LogP contribution in [0.15, 0.2) is 0 Å². The van der Waals surface area contributed by atoms with Gasteiger partial charge >= 0.3 is 11.9 Å². The highest BCUT2D eigenvalue weighted by Crippen LogP contribution is 2.27. The number of rotatable bonds is 8. The van der Waals surface area contributed by atoms with E-state index in [4.69, 9.17) is 9.84 Å². The van der Waals surface area contributed by atoms with Crippen molar-refractivity contribution in [3.8, 4) is 0 Å². The van der Waals surface area contributed by atoms with Crippen molar-refractivity contribution in [1.82, 2.24) is 4.90 Å². The molecule has 6 heteroatoms. The van der Waals surface area contributed by atoms with Gasteiger partial charge in [0.1, 0.15) is 6.54 Å². The first-order chi connectivity index (χ1) is 8.54. The van der Waals surface area contributed by atoms with Crippen molar-refractivity contribution in [3.63, 3.8) is 0 Å². The standard InChI is InChI=1S/C12H19NO5/c1-2-18-12(17)8-13(9-6-7-9)10(14)4-3-5-11(15)16/h9H,2-8H2,1H3,(H,15,16). The topological polar surface area (TPSA) is 83.9 Å². The van der Waals surface area contributed by atoms with Gasteiger partial charge in [-0.25, -0.2) is 0 Å². The van der Waals surface area contributed by atoms with E-state index in [-0.39, 0.29) is 31.3 Å². The van der Waals surface area contributed by atoms with E-state index in [1.807, 2.05) is 0 Å². The van der Waals surface area contributed by atoms with E-state index in [0.29, 0.717) is 13.0 Å². The molecule has 0 unspecified atom stereocenters. The largest absolute Gasteiger partial charge is 0.481 e. The summed E-state index contributed by atoms with van der Waals surface area (Å²) in [6, 6.07) is 0.131. The maximum atomic E-state index is 11.9. The molecule has 1 amide bonds. The SMILES string of the molecule is CCOC(=O)CN(C(=O)CCCC(=O)O)C1CC1. The van der Waals surface area contributed by atoms with Crippen molar-refractivity contribution in [3.05, 3.63) is 0 Å². The molecular weight excluding hydrogens is 238 g/mol. The molecule has 0 aromatic carbocycles. The molecule has 1 rings (SSSR count). The molecule has 1 aliphatic rings. The van der Waals surface area contributed by atoms with Crippen LogP contribution in [0.2, 0.25) is 0 Å². The quantitative estimate of drug-likeness (QED) is 0.650. The minimum atomic E-state index is -0.911. The third kappa shape index (κ3) is 5.16. The van der Waals surface area contributed by atoms with E-state index in [1.165, 1.54) is 4.90 Å². The summed E-state index contributed by atoms with van der Waals surface area (Å²) < 4.78 is 4.82. The maximum absolute atomic E-state index is 11.9. The number of carbonyl (C=O) groups is 3. The maximum Gasteiger partial charge on any atom is 0.325 e. The Hall–Kier alpha value is -1.59. The summed E-state index contributed by atoms with van der Waals surface area (Å²) in [4.78, 5) is 35.1. The highest BCUT2D eigenvalue weighted by molar-refractivity contribution is 5.83. The van der Waals surface area contributed by atoms with Crippen LogP contribution in [0, 0.1) is 0 Å². The van der Waals surface area contributed by atoms with Crippen LogP contribution in [0.5, 0.6) is 0 Å². The molecule has 0 radical (unpaired) electrons. The fourth-order valence-electron chi connectivity index (χ4n) is 1.69. The molecule has 0 aromatic rings. The molecule has 102 valence electrons. The van der Waals surface area contributed by atoms with Gasteiger partial charge in [0.25, 0.3) is 0 Å². The Balaban J connectivity index is 2.38. The summed E-state index contributed by atoms with van der Waals surface area (Å²) in [5.41, 5.74) is 0. The summed E-state index contributed by atoms with van der Waals surface area (Å²) in [6.07, 6.45) is 2.26. The third-order valence-electron chi connectivity index (χ3n) is 2.69. The van der Waals surface area contributed by atoms with Gasteiger partial charge in [0, 0.05) is 18.9 Å². The minimum absolute atomic E-state index is 0.0234. The predicted molar refractivity (Wildman–Crippen MR) is 62.9 cm³/mol. The van der Waals surface area contributed by atoms with Gasteiger partial charge in [0.15, 0.2) is 0 Å². The molecule has 0 aliphatic heterocycles. The highest BCUT2D eigenvalue weighted by Gasteiger charge is 2.33. The highest BCUT2D eigenvalue weighted by atomic mass is 16.5. The van der Waals surface area contributed by atoms with Crippen molar-refractivity contribution in [1.29, 1.82) is 0 Å². The first kappa shape index (κ1) is 14.5. The Morgan fingerprint density at radius 3 is 2.44 bits per heavy atom. The fraction of sp³-hybridized carbons (Fsp3) is 0.750. The second-order valence-electron chi connectivity index (χ2n) is 4.31. The molecule has 1 aliphatic carbocycles. The number of carboxylic acid groups (broad SMARTS) is 1. The zero-order chi connectivity index (χ0) is 13.5. The number of esters is 1. The van der Waals surface area contributed by atoms with Crippen molar-refractivity contribution < 1.29 is 24.2 Å². The molecule has 6 nitrogen and oxygen atoms in total. The van der Waals surface area contributed by atoms with Crippen LogP contribution in [-0.4, -0.2) is 47.0 Å². The van der Waals surface area contributed by atoms with Gasteiger partial charge in [-0.3, -0.25) is 14.4 Å². The van der Waals surface area contributed by atoms with Crippen LogP contribution in [-0.2, 0) is 19.1 Å². The normalized spacial score (nSPS) is 14.1. The molecule has 0 bridgehead atoms. The van der Waals surface area contributed by atoms with E-state index in [1.54, 1.807) is 6.92 Å². The van der Waals surface area contributed by atoms with Crippen LogP contribution in [0.1, 0.15) is 39.0 Å². The molecule has 0 saturated heterocycles. The number of ether oxygens (including phenoxy) is 1. The van der Waals surface area contributed by atoms with E-state index in [0.717, 1.165) is 12.8 Å². The summed E-state index contributed by atoms with van der Waals surface area (Å²) in [5.74, 6) is -1.48. The van der Waals surface area contributed by atoms with Gasteiger partial charge in [-0.1, -0.05) is 0 Å². The Kier molecular flexibility index (Phi) is 5.61. The zero-order valence-corrected chi connectivity index (χ0v) is 10.6. The lowest BCUT2D eigenvalue weighted by Crippen LogP contribution is -2.38. The lowest BCUT2D eigenvalue weighted by Gasteiger charge is -2.21. The first-order valence-electron chi connectivity index (χ1n) is 6.21. The second kappa shape index (κ2) is 6.98. The fourth-order valence-corrected chi connectivity index (χ4v) is 1.69. The van der Waals surface area contributed by atoms with Gasteiger partial charge in [-0.2, -0.15) is 0 Å². The molecule has 1 saturated carbocycles. The minimum Gasteiger partial charge on any atom is -0.481 e. The molecule has 1 N–H and O–H groups in total. The van der Waals surface area contributed by atoms with Crippen molar-refractivity contribution in [2.75, 3.05) is 13.2 Å². The molecule has 0 heterocycles. The monoisotopic (exact) mass is 257 g/mol. The first-order valence-corrected chi connectivity index (χ1v) is 6.21. The number of hydrogen-bond donors (Lipinski definition) is 1. The van der Waals surface area contributed by atoms with Crippen LogP contribution < -0.4 is 0 Å². The van der Waals surface area contributed by atoms with Crippen molar-refractivity contribution in [2.24, 2.45) is 0 Å². The van der Waals surface area contributed by atoms with E-state index >= 15 is 0 Å². The predicted octanol–water partition coefficient (Wildman–Crippen LogP) is 0.795. The molecule has 0 atom stereocenters. The summed E-state index contributed by atoms with van der Waals surface area (Å²) in [7, 11) is 0. The van der Waals surface area contributed by atoms with Gasteiger partial charge < -0.3 is 14.7 Å². The van der Waals surface area contributed by atoms with Gasteiger partial charge in [-0.05, 0) is 26.2 Å². The van der Waals surface area contributed by atoms with Crippen LogP contribution >= 0.6 is 0 Å². The van der Waals surface area contributed by atoms with Crippen LogP contribution in [0.4, 0.5) is 0 Å². The molecule has 18 heavy (non-hydrogen) atoms. The summed E-state index contributed by atoms with van der Waals surface area (Å²) in [6.45, 7) is 1.99. The number of carboxylic acids is 1. The Bertz CT molecular complexity index is 324. The van der Waals surface area contributed by atoms with Crippen LogP contribution in [0.3, 0.4) is 0 Å². The smallest absolute Gasteiger partial charge is 0.325 e. The van der Waals surface area contributed by atoms with Gasteiger partial charge in [0.05, 0.1) is 6.61 Å². The van der Waals surface area contributed by atoms with Crippen molar-refractivity contribution >= 4 is 17.8 Å².